The van der Waals surface area contributed by atoms with Crippen molar-refractivity contribution in [1.29, 1.82) is 0 Å². The molecule has 1 rings (SSSR count). The molecule has 1 heterocycles. The molecule has 0 amide bonds. The normalized spacial score (nSPS) is 9.70. The zero-order valence-corrected chi connectivity index (χ0v) is 6.21. The van der Waals surface area contributed by atoms with Gasteiger partial charge in [-0.3, -0.25) is 0 Å². The van der Waals surface area contributed by atoms with Crippen LogP contribution in [0, 0.1) is 0 Å². The van der Waals surface area contributed by atoms with Gasteiger partial charge in [-0.15, -0.1) is 5.10 Å². The summed E-state index contributed by atoms with van der Waals surface area (Å²) in [6.45, 7) is 0.225. The third-order valence-corrected chi connectivity index (χ3v) is 1.59. The molecule has 0 atom stereocenters. The maximum absolute atomic E-state index is 10.0. The Morgan fingerprint density at radius 2 is 2.60 bits per heavy atom. The average molecular weight is 158 g/mol. The Hall–Kier alpha value is -0.910. The maximum Gasteiger partial charge on any atom is 0.209 e. The Kier molecular flexibility index (Phi) is 2.38. The quantitative estimate of drug-likeness (QED) is 0.442. The number of aromatic nitrogens is 4. The Balaban J connectivity index is 2.79. The van der Waals surface area contributed by atoms with Gasteiger partial charge in [0.05, 0.1) is 0 Å². The number of carbonyl (C=O) groups is 1. The van der Waals surface area contributed by atoms with Crippen LogP contribution in [0.3, 0.4) is 0 Å². The van der Waals surface area contributed by atoms with Gasteiger partial charge in [-0.2, -0.15) is 0 Å². The summed E-state index contributed by atoms with van der Waals surface area (Å²) in [5, 5.41) is 11.3. The van der Waals surface area contributed by atoms with Crippen molar-refractivity contribution in [2.75, 3.05) is 6.26 Å². The van der Waals surface area contributed by atoms with Crippen LogP contribution in [-0.4, -0.2) is 32.7 Å². The SMILES string of the molecule is CSc1nnnn1CC=O. The van der Waals surface area contributed by atoms with E-state index in [9.17, 15) is 4.79 Å². The van der Waals surface area contributed by atoms with Crippen LogP contribution in [-0.2, 0) is 11.3 Å². The summed E-state index contributed by atoms with van der Waals surface area (Å²) in [4.78, 5) is 10.0. The highest BCUT2D eigenvalue weighted by atomic mass is 32.2. The van der Waals surface area contributed by atoms with Gasteiger partial charge in [0.15, 0.2) is 0 Å². The van der Waals surface area contributed by atoms with Gasteiger partial charge in [0.25, 0.3) is 0 Å². The van der Waals surface area contributed by atoms with E-state index in [0.29, 0.717) is 5.16 Å². The summed E-state index contributed by atoms with van der Waals surface area (Å²) in [5.74, 6) is 0. The van der Waals surface area contributed by atoms with Crippen molar-refractivity contribution in [3.63, 3.8) is 0 Å². The van der Waals surface area contributed by atoms with Gasteiger partial charge in [-0.1, -0.05) is 11.8 Å². The summed E-state index contributed by atoms with van der Waals surface area (Å²) >= 11 is 1.41. The highest BCUT2D eigenvalue weighted by molar-refractivity contribution is 7.98. The zero-order valence-electron chi connectivity index (χ0n) is 5.39. The zero-order chi connectivity index (χ0) is 7.40. The van der Waals surface area contributed by atoms with Gasteiger partial charge >= 0.3 is 0 Å². The Labute approximate surface area is 61.8 Å². The third kappa shape index (κ3) is 1.32. The molecule has 0 spiro atoms. The van der Waals surface area contributed by atoms with E-state index in [0.717, 1.165) is 6.29 Å². The summed E-state index contributed by atoms with van der Waals surface area (Å²) in [6, 6.07) is 0. The first-order valence-electron chi connectivity index (χ1n) is 2.62. The molecule has 0 aliphatic carbocycles. The van der Waals surface area contributed by atoms with Crippen LogP contribution in [0.2, 0.25) is 0 Å². The molecule has 1 aromatic rings. The molecule has 6 heteroatoms. The Bertz CT molecular complexity index is 223. The molecule has 0 saturated carbocycles. The van der Waals surface area contributed by atoms with E-state index < -0.39 is 0 Å². The fourth-order valence-electron chi connectivity index (χ4n) is 0.528. The van der Waals surface area contributed by atoms with Crippen molar-refractivity contribution >= 4 is 18.0 Å². The molecule has 5 nitrogen and oxygen atoms in total. The molecule has 0 N–H and O–H groups in total. The number of carbonyl (C=O) groups excluding carboxylic acids is 1. The smallest absolute Gasteiger partial charge is 0.209 e. The van der Waals surface area contributed by atoms with Crippen molar-refractivity contribution in [2.24, 2.45) is 0 Å². The number of thioether (sulfide) groups is 1. The van der Waals surface area contributed by atoms with Gasteiger partial charge in [-0.05, 0) is 16.7 Å². The first-order valence-corrected chi connectivity index (χ1v) is 3.84. The van der Waals surface area contributed by atoms with Crippen LogP contribution in [0.25, 0.3) is 0 Å². The molecule has 0 aliphatic rings. The van der Waals surface area contributed by atoms with E-state index in [-0.39, 0.29) is 6.54 Å². The highest BCUT2D eigenvalue weighted by Crippen LogP contribution is 2.06. The number of rotatable bonds is 3. The first-order chi connectivity index (χ1) is 4.88. The predicted molar refractivity (Wildman–Crippen MR) is 35.7 cm³/mol. The molecule has 10 heavy (non-hydrogen) atoms. The molecule has 0 radical (unpaired) electrons. The highest BCUT2D eigenvalue weighted by Gasteiger charge is 2.00. The fourth-order valence-corrected chi connectivity index (χ4v) is 0.968. The summed E-state index contributed by atoms with van der Waals surface area (Å²) in [7, 11) is 0. The largest absolute Gasteiger partial charge is 0.301 e. The van der Waals surface area contributed by atoms with E-state index >= 15 is 0 Å². The topological polar surface area (TPSA) is 60.7 Å². The van der Waals surface area contributed by atoms with Crippen molar-refractivity contribution < 1.29 is 4.79 Å². The summed E-state index contributed by atoms with van der Waals surface area (Å²) in [6.07, 6.45) is 2.61. The Morgan fingerprint density at radius 3 is 3.20 bits per heavy atom. The summed E-state index contributed by atoms with van der Waals surface area (Å²) < 4.78 is 1.44. The number of hydrogen-bond acceptors (Lipinski definition) is 5. The lowest BCUT2D eigenvalue weighted by atomic mass is 10.7. The molecule has 1 aromatic heterocycles. The van der Waals surface area contributed by atoms with E-state index in [1.54, 1.807) is 0 Å². The molecule has 54 valence electrons. The predicted octanol–water partition coefficient (Wildman–Crippen LogP) is -0.406. The minimum absolute atomic E-state index is 0.225. The van der Waals surface area contributed by atoms with Gasteiger partial charge in [0.1, 0.15) is 12.8 Å². The minimum Gasteiger partial charge on any atom is -0.301 e. The first kappa shape index (κ1) is 7.20. The van der Waals surface area contributed by atoms with Crippen molar-refractivity contribution in [1.82, 2.24) is 20.2 Å². The lowest BCUT2D eigenvalue weighted by Gasteiger charge is -1.92. The van der Waals surface area contributed by atoms with E-state index in [4.69, 9.17) is 0 Å². The number of tetrazole rings is 1. The number of aldehydes is 1. The van der Waals surface area contributed by atoms with Crippen LogP contribution in [0.1, 0.15) is 0 Å². The number of nitrogens with zero attached hydrogens (tertiary/aromatic N) is 4. The molecule has 0 aliphatic heterocycles. The van der Waals surface area contributed by atoms with E-state index in [2.05, 4.69) is 15.5 Å². The number of hydrogen-bond donors (Lipinski definition) is 0. The lowest BCUT2D eigenvalue weighted by Crippen LogP contribution is -2.02. The van der Waals surface area contributed by atoms with Crippen LogP contribution in [0.5, 0.6) is 0 Å². The second-order valence-corrected chi connectivity index (χ2v) is 2.29. The molecule has 0 fully saturated rings. The summed E-state index contributed by atoms with van der Waals surface area (Å²) in [5.41, 5.74) is 0. The van der Waals surface area contributed by atoms with Crippen molar-refractivity contribution in [3.8, 4) is 0 Å². The molecule has 0 bridgehead atoms. The van der Waals surface area contributed by atoms with Gasteiger partial charge in [0.2, 0.25) is 5.16 Å². The standard InChI is InChI=1S/C4H6N4OS/c1-10-4-5-6-7-8(4)2-3-9/h3H,2H2,1H3. The molecular formula is C4H6N4OS. The van der Waals surface area contributed by atoms with E-state index in [1.165, 1.54) is 16.4 Å². The van der Waals surface area contributed by atoms with Crippen LogP contribution < -0.4 is 0 Å². The molecule has 0 unspecified atom stereocenters. The van der Waals surface area contributed by atoms with Crippen LogP contribution >= 0.6 is 11.8 Å². The van der Waals surface area contributed by atoms with E-state index in [1.807, 2.05) is 6.26 Å². The van der Waals surface area contributed by atoms with Crippen molar-refractivity contribution in [3.05, 3.63) is 0 Å². The maximum atomic E-state index is 10.0. The monoisotopic (exact) mass is 158 g/mol. The molecule has 0 aromatic carbocycles. The molecular weight excluding hydrogens is 152 g/mol. The molecule has 0 saturated heterocycles. The second-order valence-electron chi connectivity index (χ2n) is 1.51. The fraction of sp³-hybridized carbons (Fsp3) is 0.500. The van der Waals surface area contributed by atoms with Gasteiger partial charge < -0.3 is 4.79 Å². The Morgan fingerprint density at radius 1 is 1.80 bits per heavy atom. The van der Waals surface area contributed by atoms with Gasteiger partial charge in [0, 0.05) is 0 Å². The van der Waals surface area contributed by atoms with Crippen molar-refractivity contribution in [2.45, 2.75) is 11.7 Å². The van der Waals surface area contributed by atoms with Gasteiger partial charge in [-0.25, -0.2) is 4.68 Å². The lowest BCUT2D eigenvalue weighted by molar-refractivity contribution is -0.108. The van der Waals surface area contributed by atoms with Crippen LogP contribution in [0.15, 0.2) is 5.16 Å². The minimum atomic E-state index is 0.225. The third-order valence-electron chi connectivity index (χ3n) is 0.929. The second kappa shape index (κ2) is 3.31. The van der Waals surface area contributed by atoms with Crippen LogP contribution in [0.4, 0.5) is 0 Å². The average Bonchev–Trinajstić information content (AvgIpc) is 2.36.